The fourth-order valence-electron chi connectivity index (χ4n) is 1.04. The number of carbonyl (C=O) groups is 1. The van der Waals surface area contributed by atoms with Crippen LogP contribution in [0.4, 0.5) is 0 Å². The molecule has 0 aliphatic rings. The maximum absolute atomic E-state index is 10.6. The number of carboxylic acid groups (broad SMARTS) is 1. The number of rotatable bonds is 3. The Morgan fingerprint density at radius 2 is 1.86 bits per heavy atom. The largest absolute Gasteiger partial charge is 0.478 e. The zero-order valence-electron chi connectivity index (χ0n) is 8.40. The minimum atomic E-state index is -0.885. The minimum Gasteiger partial charge on any atom is -0.478 e. The van der Waals surface area contributed by atoms with Crippen LogP contribution in [-0.4, -0.2) is 11.1 Å². The first kappa shape index (κ1) is 10.5. The predicted octanol–water partition coefficient (Wildman–Crippen LogP) is 3.05. The highest BCUT2D eigenvalue weighted by molar-refractivity contribution is 5.87. The van der Waals surface area contributed by atoms with Crippen LogP contribution in [-0.2, 0) is 0 Å². The summed E-state index contributed by atoms with van der Waals surface area (Å²) in [5.41, 5.74) is 1.36. The van der Waals surface area contributed by atoms with Crippen LogP contribution >= 0.6 is 0 Å². The molecule has 0 atom stereocenters. The molecule has 0 unspecified atom stereocenters. The Hall–Kier alpha value is -1.57. The molecule has 2 nitrogen and oxygen atoms in total. The van der Waals surface area contributed by atoms with Crippen LogP contribution in [0.25, 0.3) is 6.08 Å². The van der Waals surface area contributed by atoms with E-state index in [0.29, 0.717) is 11.5 Å². The number of hydrogen-bond acceptors (Lipinski definition) is 1. The topological polar surface area (TPSA) is 37.3 Å². The summed E-state index contributed by atoms with van der Waals surface area (Å²) in [6, 6.07) is 6.84. The molecule has 0 aromatic heterocycles. The second-order valence-electron chi connectivity index (χ2n) is 3.53. The van der Waals surface area contributed by atoms with Gasteiger partial charge >= 0.3 is 5.97 Å². The highest BCUT2D eigenvalue weighted by atomic mass is 16.4. The van der Waals surface area contributed by atoms with Gasteiger partial charge in [0.05, 0.1) is 5.56 Å². The van der Waals surface area contributed by atoms with Crippen molar-refractivity contribution in [3.05, 3.63) is 41.5 Å². The van der Waals surface area contributed by atoms with E-state index in [-0.39, 0.29) is 0 Å². The van der Waals surface area contributed by atoms with Crippen molar-refractivity contribution in [3.8, 4) is 0 Å². The Morgan fingerprint density at radius 1 is 1.29 bits per heavy atom. The predicted molar refractivity (Wildman–Crippen MR) is 57.3 cm³/mol. The Morgan fingerprint density at radius 3 is 2.29 bits per heavy atom. The van der Waals surface area contributed by atoms with Gasteiger partial charge in [0.25, 0.3) is 0 Å². The Bertz CT molecular complexity index is 334. The summed E-state index contributed by atoms with van der Waals surface area (Å²) in [6.45, 7) is 4.20. The number of hydrogen-bond donors (Lipinski definition) is 1. The van der Waals surface area contributed by atoms with Crippen LogP contribution in [0, 0.1) is 5.92 Å². The average molecular weight is 190 g/mol. The first-order valence-corrected chi connectivity index (χ1v) is 4.61. The van der Waals surface area contributed by atoms with Crippen LogP contribution in [0.3, 0.4) is 0 Å². The molecule has 0 fully saturated rings. The molecule has 14 heavy (non-hydrogen) atoms. The Balaban J connectivity index is 2.78. The average Bonchev–Trinajstić information content (AvgIpc) is 2.15. The fraction of sp³-hybridized carbons (Fsp3) is 0.250. The molecule has 0 saturated heterocycles. The Labute approximate surface area is 83.9 Å². The smallest absolute Gasteiger partial charge is 0.335 e. The molecule has 0 aliphatic carbocycles. The molecule has 1 N–H and O–H groups in total. The van der Waals surface area contributed by atoms with E-state index in [9.17, 15) is 4.79 Å². The van der Waals surface area contributed by atoms with E-state index in [1.807, 2.05) is 18.2 Å². The molecular formula is C12H14O2. The summed E-state index contributed by atoms with van der Waals surface area (Å²) < 4.78 is 0. The molecule has 0 heterocycles. The third kappa shape index (κ3) is 3.05. The van der Waals surface area contributed by atoms with Gasteiger partial charge in [0, 0.05) is 0 Å². The van der Waals surface area contributed by atoms with E-state index in [1.54, 1.807) is 12.1 Å². The lowest BCUT2D eigenvalue weighted by Gasteiger charge is -1.97. The SMILES string of the molecule is CC(C)C=Cc1ccc(C(=O)O)cc1. The van der Waals surface area contributed by atoms with Gasteiger partial charge < -0.3 is 5.11 Å². The second kappa shape index (κ2) is 4.61. The molecule has 0 aliphatic heterocycles. The van der Waals surface area contributed by atoms with E-state index in [1.165, 1.54) is 0 Å². The van der Waals surface area contributed by atoms with Crippen molar-refractivity contribution in [2.75, 3.05) is 0 Å². The molecule has 1 aromatic carbocycles. The summed E-state index contributed by atoms with van der Waals surface area (Å²) in [4.78, 5) is 10.6. The van der Waals surface area contributed by atoms with Gasteiger partial charge in [-0.15, -0.1) is 0 Å². The molecule has 0 amide bonds. The van der Waals surface area contributed by atoms with Gasteiger partial charge in [0.15, 0.2) is 0 Å². The Kier molecular flexibility index (Phi) is 3.46. The lowest BCUT2D eigenvalue weighted by molar-refractivity contribution is 0.0697. The van der Waals surface area contributed by atoms with E-state index in [2.05, 4.69) is 19.9 Å². The van der Waals surface area contributed by atoms with Crippen molar-refractivity contribution in [2.45, 2.75) is 13.8 Å². The molecule has 0 radical (unpaired) electrons. The first-order valence-electron chi connectivity index (χ1n) is 4.61. The van der Waals surface area contributed by atoms with E-state index in [0.717, 1.165) is 5.56 Å². The van der Waals surface area contributed by atoms with Gasteiger partial charge in [0.2, 0.25) is 0 Å². The summed E-state index contributed by atoms with van der Waals surface area (Å²) in [5, 5.41) is 8.68. The van der Waals surface area contributed by atoms with E-state index in [4.69, 9.17) is 5.11 Å². The van der Waals surface area contributed by atoms with Crippen molar-refractivity contribution < 1.29 is 9.90 Å². The quantitative estimate of drug-likeness (QED) is 0.795. The molecule has 1 aromatic rings. The standard InChI is InChI=1S/C12H14O2/c1-9(2)3-4-10-5-7-11(8-6-10)12(13)14/h3-9H,1-2H3,(H,13,14). The zero-order chi connectivity index (χ0) is 10.6. The number of allylic oxidation sites excluding steroid dienone is 1. The molecule has 0 saturated carbocycles. The van der Waals surface area contributed by atoms with Gasteiger partial charge in [-0.05, 0) is 23.6 Å². The molecule has 0 bridgehead atoms. The summed E-state index contributed by atoms with van der Waals surface area (Å²) in [5.74, 6) is -0.376. The fourth-order valence-corrected chi connectivity index (χ4v) is 1.04. The monoisotopic (exact) mass is 190 g/mol. The summed E-state index contributed by atoms with van der Waals surface area (Å²) >= 11 is 0. The van der Waals surface area contributed by atoms with Crippen LogP contribution in [0.15, 0.2) is 30.3 Å². The van der Waals surface area contributed by atoms with E-state index >= 15 is 0 Å². The normalized spacial score (nSPS) is 11.1. The number of benzene rings is 1. The molecule has 0 spiro atoms. The maximum atomic E-state index is 10.6. The van der Waals surface area contributed by atoms with Crippen molar-refractivity contribution in [2.24, 2.45) is 5.92 Å². The number of aromatic carboxylic acids is 1. The molecule has 1 rings (SSSR count). The highest BCUT2D eigenvalue weighted by Crippen LogP contribution is 2.07. The first-order chi connectivity index (χ1) is 6.59. The lowest BCUT2D eigenvalue weighted by atomic mass is 10.1. The van der Waals surface area contributed by atoms with Gasteiger partial charge in [-0.25, -0.2) is 4.79 Å². The highest BCUT2D eigenvalue weighted by Gasteiger charge is 1.99. The van der Waals surface area contributed by atoms with Crippen LogP contribution in [0.2, 0.25) is 0 Å². The van der Waals surface area contributed by atoms with Crippen molar-refractivity contribution in [1.29, 1.82) is 0 Å². The third-order valence-corrected chi connectivity index (χ3v) is 1.83. The van der Waals surface area contributed by atoms with Crippen molar-refractivity contribution in [3.63, 3.8) is 0 Å². The lowest BCUT2D eigenvalue weighted by Crippen LogP contribution is -1.94. The van der Waals surface area contributed by atoms with Gasteiger partial charge in [-0.3, -0.25) is 0 Å². The van der Waals surface area contributed by atoms with Crippen LogP contribution < -0.4 is 0 Å². The van der Waals surface area contributed by atoms with Gasteiger partial charge in [-0.1, -0.05) is 38.1 Å². The third-order valence-electron chi connectivity index (χ3n) is 1.83. The minimum absolute atomic E-state index is 0.326. The van der Waals surface area contributed by atoms with Gasteiger partial charge in [0.1, 0.15) is 0 Å². The summed E-state index contributed by atoms with van der Waals surface area (Å²) in [6.07, 6.45) is 4.08. The second-order valence-corrected chi connectivity index (χ2v) is 3.53. The van der Waals surface area contributed by atoms with E-state index < -0.39 is 5.97 Å². The van der Waals surface area contributed by atoms with Crippen molar-refractivity contribution in [1.82, 2.24) is 0 Å². The van der Waals surface area contributed by atoms with Crippen LogP contribution in [0.1, 0.15) is 29.8 Å². The maximum Gasteiger partial charge on any atom is 0.335 e. The summed E-state index contributed by atoms with van der Waals surface area (Å²) in [7, 11) is 0. The van der Waals surface area contributed by atoms with Crippen LogP contribution in [0.5, 0.6) is 0 Å². The number of carboxylic acids is 1. The molecular weight excluding hydrogens is 176 g/mol. The molecule has 74 valence electrons. The molecule has 2 heteroatoms. The zero-order valence-corrected chi connectivity index (χ0v) is 8.40. The van der Waals surface area contributed by atoms with Gasteiger partial charge in [-0.2, -0.15) is 0 Å². The van der Waals surface area contributed by atoms with Crippen molar-refractivity contribution >= 4 is 12.0 Å².